The molecule has 1 N–H and O–H groups in total. The number of ether oxygens (including phenoxy) is 1. The van der Waals surface area contributed by atoms with E-state index in [0.29, 0.717) is 6.04 Å². The fourth-order valence-corrected chi connectivity index (χ4v) is 2.61. The van der Waals surface area contributed by atoms with Gasteiger partial charge in [-0.1, -0.05) is 0 Å². The van der Waals surface area contributed by atoms with E-state index < -0.39 is 0 Å². The normalized spacial score (nSPS) is 21.1. The topological polar surface area (TPSA) is 34.1 Å². The molecule has 1 atom stereocenters. The monoisotopic (exact) mass is 304 g/mol. The van der Waals surface area contributed by atoms with Crippen LogP contribution in [-0.2, 0) is 0 Å². The van der Waals surface area contributed by atoms with Crippen LogP contribution >= 0.6 is 22.6 Å². The van der Waals surface area contributed by atoms with Crippen LogP contribution in [0.25, 0.3) is 0 Å². The van der Waals surface area contributed by atoms with Gasteiger partial charge >= 0.3 is 0 Å². The van der Waals surface area contributed by atoms with Gasteiger partial charge in [0.05, 0.1) is 7.11 Å². The first-order valence-corrected chi connectivity index (χ1v) is 5.82. The summed E-state index contributed by atoms with van der Waals surface area (Å²) in [6.45, 7) is 1.10. The lowest BCUT2D eigenvalue weighted by atomic mass is 10.1. The van der Waals surface area contributed by atoms with Crippen molar-refractivity contribution in [1.82, 2.24) is 10.3 Å². The molecule has 0 bridgehead atoms. The lowest BCUT2D eigenvalue weighted by Crippen LogP contribution is -2.15. The number of rotatable bonds is 2. The summed E-state index contributed by atoms with van der Waals surface area (Å²) in [6.07, 6.45) is 4.20. The van der Waals surface area contributed by atoms with Gasteiger partial charge in [0.1, 0.15) is 0 Å². The molecule has 1 fully saturated rings. The average molecular weight is 304 g/mol. The van der Waals surface area contributed by atoms with Gasteiger partial charge in [-0.2, -0.15) is 0 Å². The SMILES string of the molecule is COc1nccc(I)c1C1CCCN1. The minimum atomic E-state index is 0.422. The van der Waals surface area contributed by atoms with E-state index in [1.807, 2.05) is 6.07 Å². The molecule has 2 heterocycles. The molecule has 0 saturated carbocycles. The molecule has 76 valence electrons. The van der Waals surface area contributed by atoms with E-state index in [1.54, 1.807) is 13.3 Å². The van der Waals surface area contributed by atoms with Crippen LogP contribution in [0.15, 0.2) is 12.3 Å². The zero-order valence-electron chi connectivity index (χ0n) is 8.09. The second-order valence-corrected chi connectivity index (χ2v) is 4.53. The van der Waals surface area contributed by atoms with Gasteiger partial charge in [-0.15, -0.1) is 0 Å². The second kappa shape index (κ2) is 4.44. The van der Waals surface area contributed by atoms with Crippen LogP contribution in [0.5, 0.6) is 5.88 Å². The fraction of sp³-hybridized carbons (Fsp3) is 0.500. The van der Waals surface area contributed by atoms with Crippen molar-refractivity contribution >= 4 is 22.6 Å². The van der Waals surface area contributed by atoms with Crippen molar-refractivity contribution in [2.75, 3.05) is 13.7 Å². The van der Waals surface area contributed by atoms with Crippen molar-refractivity contribution in [3.63, 3.8) is 0 Å². The van der Waals surface area contributed by atoms with E-state index >= 15 is 0 Å². The zero-order chi connectivity index (χ0) is 9.97. The number of nitrogens with zero attached hydrogens (tertiary/aromatic N) is 1. The Morgan fingerprint density at radius 3 is 3.14 bits per heavy atom. The van der Waals surface area contributed by atoms with Gasteiger partial charge in [-0.05, 0) is 48.0 Å². The number of hydrogen-bond acceptors (Lipinski definition) is 3. The highest BCUT2D eigenvalue weighted by molar-refractivity contribution is 14.1. The summed E-state index contributed by atoms with van der Waals surface area (Å²) in [5, 5.41) is 3.46. The van der Waals surface area contributed by atoms with Crippen LogP contribution in [0.3, 0.4) is 0 Å². The quantitative estimate of drug-likeness (QED) is 0.850. The molecule has 0 spiro atoms. The molecule has 2 rings (SSSR count). The molecule has 0 amide bonds. The number of methoxy groups -OCH3 is 1. The van der Waals surface area contributed by atoms with Crippen LogP contribution in [0.2, 0.25) is 0 Å². The van der Waals surface area contributed by atoms with Crippen molar-refractivity contribution in [3.8, 4) is 5.88 Å². The smallest absolute Gasteiger partial charge is 0.218 e. The van der Waals surface area contributed by atoms with Crippen molar-refractivity contribution < 1.29 is 4.74 Å². The molecule has 1 aliphatic rings. The predicted octanol–water partition coefficient (Wildman–Crippen LogP) is 2.12. The van der Waals surface area contributed by atoms with Gasteiger partial charge in [0.2, 0.25) is 5.88 Å². The summed E-state index contributed by atoms with van der Waals surface area (Å²) < 4.78 is 6.51. The number of aromatic nitrogens is 1. The minimum Gasteiger partial charge on any atom is -0.481 e. The Labute approximate surface area is 97.4 Å². The first-order chi connectivity index (χ1) is 6.83. The van der Waals surface area contributed by atoms with E-state index in [-0.39, 0.29) is 0 Å². The van der Waals surface area contributed by atoms with Crippen LogP contribution in [0.4, 0.5) is 0 Å². The van der Waals surface area contributed by atoms with Crippen LogP contribution in [0.1, 0.15) is 24.4 Å². The Morgan fingerprint density at radius 1 is 1.64 bits per heavy atom. The minimum absolute atomic E-state index is 0.422. The van der Waals surface area contributed by atoms with Crippen LogP contribution in [-0.4, -0.2) is 18.6 Å². The maximum atomic E-state index is 5.28. The van der Waals surface area contributed by atoms with Gasteiger partial charge in [-0.25, -0.2) is 4.98 Å². The Kier molecular flexibility index (Phi) is 3.22. The third-order valence-electron chi connectivity index (χ3n) is 2.50. The van der Waals surface area contributed by atoms with E-state index in [1.165, 1.54) is 22.0 Å². The van der Waals surface area contributed by atoms with Crippen molar-refractivity contribution in [2.24, 2.45) is 0 Å². The van der Waals surface area contributed by atoms with Crippen LogP contribution < -0.4 is 10.1 Å². The highest BCUT2D eigenvalue weighted by Crippen LogP contribution is 2.32. The summed E-state index contributed by atoms with van der Waals surface area (Å²) in [5.74, 6) is 0.760. The summed E-state index contributed by atoms with van der Waals surface area (Å²) in [5.41, 5.74) is 1.22. The molecule has 14 heavy (non-hydrogen) atoms. The Bertz CT molecular complexity index is 324. The highest BCUT2D eigenvalue weighted by atomic mass is 127. The summed E-state index contributed by atoms with van der Waals surface area (Å²) in [4.78, 5) is 4.24. The fourth-order valence-electron chi connectivity index (χ4n) is 1.84. The lowest BCUT2D eigenvalue weighted by Gasteiger charge is -2.15. The van der Waals surface area contributed by atoms with Gasteiger partial charge in [0.15, 0.2) is 0 Å². The number of pyridine rings is 1. The van der Waals surface area contributed by atoms with Gasteiger partial charge in [0, 0.05) is 21.4 Å². The lowest BCUT2D eigenvalue weighted by molar-refractivity contribution is 0.385. The Hall–Kier alpha value is -0.360. The largest absolute Gasteiger partial charge is 0.481 e. The average Bonchev–Trinajstić information content (AvgIpc) is 2.70. The first-order valence-electron chi connectivity index (χ1n) is 4.74. The number of halogens is 1. The molecule has 1 aromatic heterocycles. The molecule has 0 radical (unpaired) electrons. The molecular formula is C10H13IN2O. The summed E-state index contributed by atoms with van der Waals surface area (Å²) in [7, 11) is 1.68. The molecule has 1 aliphatic heterocycles. The summed E-state index contributed by atoms with van der Waals surface area (Å²) >= 11 is 2.34. The maximum Gasteiger partial charge on any atom is 0.218 e. The van der Waals surface area contributed by atoms with Crippen molar-refractivity contribution in [1.29, 1.82) is 0 Å². The standard InChI is InChI=1S/C10H13IN2O/c1-14-10-9(7(11)4-6-13-10)8-3-2-5-12-8/h4,6,8,12H,2-3,5H2,1H3. The van der Waals surface area contributed by atoms with Crippen molar-refractivity contribution in [3.05, 3.63) is 21.4 Å². The highest BCUT2D eigenvalue weighted by Gasteiger charge is 2.22. The van der Waals surface area contributed by atoms with E-state index in [4.69, 9.17) is 4.74 Å². The Morgan fingerprint density at radius 2 is 2.50 bits per heavy atom. The number of hydrogen-bond donors (Lipinski definition) is 1. The van der Waals surface area contributed by atoms with Gasteiger partial charge < -0.3 is 10.1 Å². The van der Waals surface area contributed by atoms with E-state index in [9.17, 15) is 0 Å². The molecule has 4 heteroatoms. The summed E-state index contributed by atoms with van der Waals surface area (Å²) in [6, 6.07) is 2.45. The predicted molar refractivity (Wildman–Crippen MR) is 63.5 cm³/mol. The third kappa shape index (κ3) is 1.86. The molecule has 0 aliphatic carbocycles. The third-order valence-corrected chi connectivity index (χ3v) is 3.44. The van der Waals surface area contributed by atoms with Gasteiger partial charge in [-0.3, -0.25) is 0 Å². The van der Waals surface area contributed by atoms with E-state index in [2.05, 4.69) is 32.9 Å². The number of nitrogens with one attached hydrogen (secondary N) is 1. The maximum absolute atomic E-state index is 5.28. The Balaban J connectivity index is 2.37. The van der Waals surface area contributed by atoms with E-state index in [0.717, 1.165) is 12.4 Å². The van der Waals surface area contributed by atoms with Crippen molar-refractivity contribution in [2.45, 2.75) is 18.9 Å². The molecule has 0 aromatic carbocycles. The molecule has 1 aromatic rings. The molecular weight excluding hydrogens is 291 g/mol. The van der Waals surface area contributed by atoms with Gasteiger partial charge in [0.25, 0.3) is 0 Å². The molecule has 1 saturated heterocycles. The second-order valence-electron chi connectivity index (χ2n) is 3.36. The zero-order valence-corrected chi connectivity index (χ0v) is 10.2. The first kappa shape index (κ1) is 10.2. The molecule has 1 unspecified atom stereocenters. The molecule has 3 nitrogen and oxygen atoms in total. The van der Waals surface area contributed by atoms with Crippen LogP contribution in [0, 0.1) is 3.57 Å².